The number of nitrogens with zero attached hydrogens (tertiary/aromatic N) is 1. The van der Waals surface area contributed by atoms with Crippen molar-refractivity contribution in [2.24, 2.45) is 0 Å². The van der Waals surface area contributed by atoms with Crippen LogP contribution in [0.25, 0.3) is 10.6 Å². The number of thiophene rings is 1. The van der Waals surface area contributed by atoms with Crippen molar-refractivity contribution < 1.29 is 14.1 Å². The van der Waals surface area contributed by atoms with Gasteiger partial charge in [0, 0.05) is 6.54 Å². The Kier molecular flexibility index (Phi) is 5.40. The first-order valence-electron chi connectivity index (χ1n) is 7.50. The SMILES string of the molecule is COc1ccc(CCNC(=O)c2c(-c3ccc(Br)s3)noc2N)cc1. The third-order valence-corrected chi connectivity index (χ3v) is 5.24. The quantitative estimate of drug-likeness (QED) is 0.632. The van der Waals surface area contributed by atoms with Gasteiger partial charge in [-0.3, -0.25) is 4.79 Å². The molecule has 0 aliphatic rings. The summed E-state index contributed by atoms with van der Waals surface area (Å²) in [5, 5.41) is 6.78. The van der Waals surface area contributed by atoms with Crippen molar-refractivity contribution in [2.75, 3.05) is 19.4 Å². The van der Waals surface area contributed by atoms with E-state index in [1.165, 1.54) is 11.3 Å². The monoisotopic (exact) mass is 421 g/mol. The lowest BCUT2D eigenvalue weighted by molar-refractivity contribution is 0.0955. The van der Waals surface area contributed by atoms with Gasteiger partial charge in [-0.1, -0.05) is 17.3 Å². The third-order valence-electron chi connectivity index (χ3n) is 3.61. The molecule has 3 aromatic rings. The molecule has 3 N–H and O–H groups in total. The highest BCUT2D eigenvalue weighted by atomic mass is 79.9. The first kappa shape index (κ1) is 17.5. The number of ether oxygens (including phenoxy) is 1. The van der Waals surface area contributed by atoms with Crippen molar-refractivity contribution in [1.29, 1.82) is 0 Å². The van der Waals surface area contributed by atoms with Crippen molar-refractivity contribution in [1.82, 2.24) is 10.5 Å². The van der Waals surface area contributed by atoms with Gasteiger partial charge in [0.1, 0.15) is 17.0 Å². The van der Waals surface area contributed by atoms with Crippen LogP contribution in [0.4, 0.5) is 5.88 Å². The molecule has 8 heteroatoms. The minimum atomic E-state index is -0.299. The number of aromatic nitrogens is 1. The van der Waals surface area contributed by atoms with Crippen LogP contribution in [0.1, 0.15) is 15.9 Å². The number of hydrogen-bond donors (Lipinski definition) is 2. The van der Waals surface area contributed by atoms with Gasteiger partial charge in [-0.05, 0) is 52.2 Å². The maximum absolute atomic E-state index is 12.5. The third kappa shape index (κ3) is 4.02. The molecule has 0 saturated heterocycles. The minimum Gasteiger partial charge on any atom is -0.497 e. The van der Waals surface area contributed by atoms with Crippen molar-refractivity contribution in [3.8, 4) is 16.3 Å². The van der Waals surface area contributed by atoms with Crippen molar-refractivity contribution in [3.63, 3.8) is 0 Å². The van der Waals surface area contributed by atoms with Crippen LogP contribution in [0, 0.1) is 0 Å². The van der Waals surface area contributed by atoms with E-state index in [1.54, 1.807) is 7.11 Å². The molecule has 0 atom stereocenters. The topological polar surface area (TPSA) is 90.4 Å². The van der Waals surface area contributed by atoms with E-state index < -0.39 is 0 Å². The number of methoxy groups -OCH3 is 1. The number of nitrogens with two attached hydrogens (primary N) is 1. The highest BCUT2D eigenvalue weighted by molar-refractivity contribution is 9.11. The van der Waals surface area contributed by atoms with E-state index >= 15 is 0 Å². The van der Waals surface area contributed by atoms with Crippen LogP contribution in [0.15, 0.2) is 44.7 Å². The zero-order chi connectivity index (χ0) is 17.8. The Balaban J connectivity index is 1.66. The fourth-order valence-corrected chi connectivity index (χ4v) is 3.71. The van der Waals surface area contributed by atoms with Gasteiger partial charge in [-0.15, -0.1) is 11.3 Å². The molecule has 0 aliphatic carbocycles. The normalized spacial score (nSPS) is 10.6. The van der Waals surface area contributed by atoms with Crippen molar-refractivity contribution in [2.45, 2.75) is 6.42 Å². The Labute approximate surface area is 157 Å². The van der Waals surface area contributed by atoms with Crippen molar-refractivity contribution in [3.05, 3.63) is 51.3 Å². The summed E-state index contributed by atoms with van der Waals surface area (Å²) in [5.41, 5.74) is 7.61. The zero-order valence-electron chi connectivity index (χ0n) is 13.4. The van der Waals surface area contributed by atoms with Crippen LogP contribution in [0.2, 0.25) is 0 Å². The molecule has 0 saturated carbocycles. The number of amides is 1. The molecule has 2 aromatic heterocycles. The van der Waals surface area contributed by atoms with Crippen LogP contribution in [0.5, 0.6) is 5.75 Å². The van der Waals surface area contributed by atoms with Gasteiger partial charge in [-0.25, -0.2) is 0 Å². The maximum atomic E-state index is 12.5. The summed E-state index contributed by atoms with van der Waals surface area (Å²) in [5.74, 6) is 0.519. The van der Waals surface area contributed by atoms with Crippen LogP contribution < -0.4 is 15.8 Å². The summed E-state index contributed by atoms with van der Waals surface area (Å²) in [6.45, 7) is 0.476. The van der Waals surface area contributed by atoms with E-state index in [0.29, 0.717) is 18.7 Å². The number of anilines is 1. The molecular weight excluding hydrogens is 406 g/mol. The molecule has 3 rings (SSSR count). The first-order chi connectivity index (χ1) is 12.1. The minimum absolute atomic E-state index is 0.0152. The number of hydrogen-bond acceptors (Lipinski definition) is 6. The van der Waals surface area contributed by atoms with Gasteiger partial charge in [0.2, 0.25) is 5.88 Å². The van der Waals surface area contributed by atoms with E-state index in [-0.39, 0.29) is 17.4 Å². The molecule has 25 heavy (non-hydrogen) atoms. The van der Waals surface area contributed by atoms with E-state index in [1.807, 2.05) is 36.4 Å². The molecule has 2 heterocycles. The standard InChI is InChI=1S/C17H16BrN3O3S/c1-23-11-4-2-10(3-5-11)8-9-20-17(22)14-15(21-24-16(14)19)12-6-7-13(18)25-12/h2-7H,8-9,19H2,1H3,(H,20,22). The van der Waals surface area contributed by atoms with Crippen LogP contribution in [-0.2, 0) is 6.42 Å². The van der Waals surface area contributed by atoms with Gasteiger partial charge in [0.05, 0.1) is 15.8 Å². The smallest absolute Gasteiger partial charge is 0.259 e. The molecule has 0 aliphatic heterocycles. The lowest BCUT2D eigenvalue weighted by Gasteiger charge is -2.06. The largest absolute Gasteiger partial charge is 0.497 e. The van der Waals surface area contributed by atoms with Gasteiger partial charge in [0.15, 0.2) is 0 Å². The van der Waals surface area contributed by atoms with Gasteiger partial charge >= 0.3 is 0 Å². The van der Waals surface area contributed by atoms with Crippen LogP contribution >= 0.6 is 27.3 Å². The maximum Gasteiger partial charge on any atom is 0.259 e. The number of nitrogens with one attached hydrogen (secondary N) is 1. The molecule has 0 unspecified atom stereocenters. The Morgan fingerprint density at radius 2 is 2.08 bits per heavy atom. The number of carbonyl (C=O) groups is 1. The Morgan fingerprint density at radius 3 is 2.72 bits per heavy atom. The Bertz CT molecular complexity index is 874. The molecule has 0 spiro atoms. The highest BCUT2D eigenvalue weighted by Gasteiger charge is 2.23. The number of benzene rings is 1. The Morgan fingerprint density at radius 1 is 1.32 bits per heavy atom. The average molecular weight is 422 g/mol. The second-order valence-electron chi connectivity index (χ2n) is 5.23. The van der Waals surface area contributed by atoms with Gasteiger partial charge in [0.25, 0.3) is 5.91 Å². The molecule has 0 bridgehead atoms. The number of carbonyl (C=O) groups excluding carboxylic acids is 1. The van der Waals surface area contributed by atoms with Gasteiger partial charge < -0.3 is 20.3 Å². The number of halogens is 1. The molecule has 0 fully saturated rings. The first-order valence-corrected chi connectivity index (χ1v) is 9.11. The lowest BCUT2D eigenvalue weighted by atomic mass is 10.1. The van der Waals surface area contributed by atoms with Crippen LogP contribution in [0.3, 0.4) is 0 Å². The summed E-state index contributed by atoms with van der Waals surface area (Å²) >= 11 is 4.85. The zero-order valence-corrected chi connectivity index (χ0v) is 15.8. The summed E-state index contributed by atoms with van der Waals surface area (Å²) in [6, 6.07) is 11.5. The fraction of sp³-hybridized carbons (Fsp3) is 0.176. The van der Waals surface area contributed by atoms with Crippen molar-refractivity contribution >= 4 is 39.1 Å². The predicted molar refractivity (Wildman–Crippen MR) is 101 cm³/mol. The van der Waals surface area contributed by atoms with E-state index in [4.69, 9.17) is 15.0 Å². The Hall–Kier alpha value is -2.32. The summed E-state index contributed by atoms with van der Waals surface area (Å²) in [6.07, 6.45) is 0.695. The van der Waals surface area contributed by atoms with E-state index in [2.05, 4.69) is 26.4 Å². The summed E-state index contributed by atoms with van der Waals surface area (Å²) in [7, 11) is 1.63. The summed E-state index contributed by atoms with van der Waals surface area (Å²) < 4.78 is 11.1. The molecule has 130 valence electrons. The van der Waals surface area contributed by atoms with Crippen LogP contribution in [-0.4, -0.2) is 24.7 Å². The van der Waals surface area contributed by atoms with E-state index in [0.717, 1.165) is 20.0 Å². The molecule has 1 aromatic carbocycles. The molecule has 6 nitrogen and oxygen atoms in total. The second kappa shape index (κ2) is 7.71. The van der Waals surface area contributed by atoms with Gasteiger partial charge in [-0.2, -0.15) is 0 Å². The van der Waals surface area contributed by atoms with E-state index in [9.17, 15) is 4.79 Å². The lowest BCUT2D eigenvalue weighted by Crippen LogP contribution is -2.26. The number of nitrogen functional groups attached to an aromatic ring is 1. The predicted octanol–water partition coefficient (Wildman–Crippen LogP) is 3.73. The highest BCUT2D eigenvalue weighted by Crippen LogP contribution is 2.34. The number of rotatable bonds is 6. The fourth-order valence-electron chi connectivity index (χ4n) is 2.33. The summed E-state index contributed by atoms with van der Waals surface area (Å²) in [4.78, 5) is 13.3. The second-order valence-corrected chi connectivity index (χ2v) is 7.69. The molecule has 0 radical (unpaired) electrons. The average Bonchev–Trinajstić information content (AvgIpc) is 3.21. The molecule has 1 amide bonds. The molecular formula is C17H16BrN3O3S.